The first-order valence-corrected chi connectivity index (χ1v) is 8.55. The zero-order valence-electron chi connectivity index (χ0n) is 12.9. The fourth-order valence-corrected chi connectivity index (χ4v) is 3.59. The highest BCUT2D eigenvalue weighted by Crippen LogP contribution is 2.21. The molecule has 0 atom stereocenters. The number of hydrogen-bond acceptors (Lipinski definition) is 5. The maximum Gasteiger partial charge on any atom is 0.193 e. The summed E-state index contributed by atoms with van der Waals surface area (Å²) in [6.45, 7) is 7.10. The third kappa shape index (κ3) is 2.53. The van der Waals surface area contributed by atoms with Crippen LogP contribution in [0.15, 0.2) is 24.0 Å². The van der Waals surface area contributed by atoms with Crippen LogP contribution in [0.4, 0.5) is 0 Å². The van der Waals surface area contributed by atoms with Gasteiger partial charge in [0.05, 0.1) is 11.4 Å². The number of hydrogen-bond donors (Lipinski definition) is 0. The van der Waals surface area contributed by atoms with Crippen LogP contribution in [-0.4, -0.2) is 30.8 Å². The molecule has 5 nitrogen and oxygen atoms in total. The molecular formula is C16H19N5S. The number of thiazole rings is 1. The van der Waals surface area contributed by atoms with Crippen LogP contribution in [0.3, 0.4) is 0 Å². The van der Waals surface area contributed by atoms with Gasteiger partial charge in [0, 0.05) is 49.5 Å². The normalized spacial score (nSPS) is 15.6. The molecule has 0 saturated carbocycles. The highest BCUT2D eigenvalue weighted by Gasteiger charge is 2.20. The van der Waals surface area contributed by atoms with Crippen LogP contribution < -0.4 is 0 Å². The quantitative estimate of drug-likeness (QED) is 0.746. The molecule has 0 bridgehead atoms. The molecule has 0 aliphatic carbocycles. The fraction of sp³-hybridized carbons (Fsp3) is 0.438. The van der Waals surface area contributed by atoms with Gasteiger partial charge in [0.15, 0.2) is 4.96 Å². The molecule has 0 unspecified atom stereocenters. The minimum atomic E-state index is 0.376. The lowest BCUT2D eigenvalue weighted by atomic mass is 10.1. The Morgan fingerprint density at radius 2 is 2.23 bits per heavy atom. The maximum absolute atomic E-state index is 4.76. The zero-order valence-corrected chi connectivity index (χ0v) is 13.7. The van der Waals surface area contributed by atoms with Gasteiger partial charge < -0.3 is 0 Å². The monoisotopic (exact) mass is 313 g/mol. The topological polar surface area (TPSA) is 46.3 Å². The van der Waals surface area contributed by atoms with Crippen molar-refractivity contribution < 1.29 is 0 Å². The van der Waals surface area contributed by atoms with Crippen LogP contribution >= 0.6 is 11.3 Å². The van der Waals surface area contributed by atoms with E-state index in [1.54, 1.807) is 11.3 Å². The molecule has 0 spiro atoms. The minimum absolute atomic E-state index is 0.376. The van der Waals surface area contributed by atoms with Crippen molar-refractivity contribution in [2.75, 3.05) is 6.54 Å². The van der Waals surface area contributed by atoms with Gasteiger partial charge in [0.25, 0.3) is 0 Å². The summed E-state index contributed by atoms with van der Waals surface area (Å²) in [4.78, 5) is 17.4. The Morgan fingerprint density at radius 1 is 1.32 bits per heavy atom. The number of imidazole rings is 1. The van der Waals surface area contributed by atoms with E-state index in [1.807, 2.05) is 6.20 Å². The molecule has 0 radical (unpaired) electrons. The van der Waals surface area contributed by atoms with Gasteiger partial charge in [-0.25, -0.2) is 15.0 Å². The lowest BCUT2D eigenvalue weighted by molar-refractivity contribution is 0.238. The predicted molar refractivity (Wildman–Crippen MR) is 87.0 cm³/mol. The van der Waals surface area contributed by atoms with E-state index in [4.69, 9.17) is 4.98 Å². The molecule has 3 aromatic heterocycles. The fourth-order valence-electron chi connectivity index (χ4n) is 2.87. The first-order chi connectivity index (χ1) is 10.7. The number of rotatable bonds is 3. The lowest BCUT2D eigenvalue weighted by Crippen LogP contribution is -2.31. The van der Waals surface area contributed by atoms with Gasteiger partial charge in [-0.1, -0.05) is 13.8 Å². The third-order valence-electron chi connectivity index (χ3n) is 4.09. The number of aromatic nitrogens is 4. The van der Waals surface area contributed by atoms with E-state index in [2.05, 4.69) is 50.9 Å². The van der Waals surface area contributed by atoms with Gasteiger partial charge in [0.2, 0.25) is 0 Å². The van der Waals surface area contributed by atoms with Crippen molar-refractivity contribution in [1.82, 2.24) is 24.3 Å². The summed E-state index contributed by atoms with van der Waals surface area (Å²) in [5.41, 5.74) is 3.62. The lowest BCUT2D eigenvalue weighted by Gasteiger charge is -2.27. The highest BCUT2D eigenvalue weighted by molar-refractivity contribution is 7.15. The van der Waals surface area contributed by atoms with Gasteiger partial charge in [-0.3, -0.25) is 9.30 Å². The molecule has 3 aromatic rings. The van der Waals surface area contributed by atoms with Crippen molar-refractivity contribution in [3.8, 4) is 0 Å². The van der Waals surface area contributed by atoms with Crippen molar-refractivity contribution in [1.29, 1.82) is 0 Å². The summed E-state index contributed by atoms with van der Waals surface area (Å²) in [7, 11) is 0. The van der Waals surface area contributed by atoms with E-state index in [0.717, 1.165) is 42.5 Å². The third-order valence-corrected chi connectivity index (χ3v) is 4.86. The second kappa shape index (κ2) is 5.44. The van der Waals surface area contributed by atoms with Crippen LogP contribution in [0.2, 0.25) is 0 Å². The van der Waals surface area contributed by atoms with E-state index >= 15 is 0 Å². The second-order valence-corrected chi connectivity index (χ2v) is 7.01. The summed E-state index contributed by atoms with van der Waals surface area (Å²) in [6, 6.07) is 0. The molecule has 1 aliphatic heterocycles. The minimum Gasteiger partial charge on any atom is -0.297 e. The smallest absolute Gasteiger partial charge is 0.193 e. The van der Waals surface area contributed by atoms with Crippen molar-refractivity contribution >= 4 is 16.3 Å². The Kier molecular flexibility index (Phi) is 3.43. The van der Waals surface area contributed by atoms with Crippen LogP contribution in [0.25, 0.3) is 4.96 Å². The SMILES string of the molecule is CC(C)c1ncc2c(n1)CN(Cc1cn3ccsc3n1)CC2. The Labute approximate surface area is 133 Å². The maximum atomic E-state index is 4.76. The summed E-state index contributed by atoms with van der Waals surface area (Å²) in [5.74, 6) is 1.32. The number of nitrogens with zero attached hydrogens (tertiary/aromatic N) is 5. The van der Waals surface area contributed by atoms with E-state index in [1.165, 1.54) is 11.3 Å². The van der Waals surface area contributed by atoms with Gasteiger partial charge >= 0.3 is 0 Å². The first-order valence-electron chi connectivity index (χ1n) is 7.67. The van der Waals surface area contributed by atoms with Crippen LogP contribution in [0.5, 0.6) is 0 Å². The Morgan fingerprint density at radius 3 is 3.05 bits per heavy atom. The zero-order chi connectivity index (χ0) is 15.1. The molecule has 0 amide bonds. The molecule has 6 heteroatoms. The summed E-state index contributed by atoms with van der Waals surface area (Å²) >= 11 is 1.68. The van der Waals surface area contributed by atoms with Gasteiger partial charge in [-0.15, -0.1) is 11.3 Å². The van der Waals surface area contributed by atoms with Gasteiger partial charge in [-0.2, -0.15) is 0 Å². The molecule has 0 N–H and O–H groups in total. The average Bonchev–Trinajstić information content (AvgIpc) is 3.07. The van der Waals surface area contributed by atoms with Crippen molar-refractivity contribution in [3.63, 3.8) is 0 Å². The molecule has 0 saturated heterocycles. The first kappa shape index (κ1) is 13.8. The van der Waals surface area contributed by atoms with Gasteiger partial charge in [-0.05, 0) is 12.0 Å². The Bertz CT molecular complexity index is 775. The van der Waals surface area contributed by atoms with Crippen molar-refractivity contribution in [2.45, 2.75) is 39.3 Å². The van der Waals surface area contributed by atoms with Crippen LogP contribution in [0.1, 0.15) is 42.5 Å². The second-order valence-electron chi connectivity index (χ2n) is 6.14. The largest absolute Gasteiger partial charge is 0.297 e. The van der Waals surface area contributed by atoms with E-state index in [0.29, 0.717) is 5.92 Å². The summed E-state index contributed by atoms with van der Waals surface area (Å²) < 4.78 is 2.09. The van der Waals surface area contributed by atoms with E-state index in [-0.39, 0.29) is 0 Å². The summed E-state index contributed by atoms with van der Waals surface area (Å²) in [6.07, 6.45) is 7.22. The van der Waals surface area contributed by atoms with E-state index in [9.17, 15) is 0 Å². The Hall–Kier alpha value is -1.79. The molecule has 4 rings (SSSR count). The van der Waals surface area contributed by atoms with Crippen molar-refractivity contribution in [2.24, 2.45) is 0 Å². The molecule has 114 valence electrons. The molecule has 22 heavy (non-hydrogen) atoms. The molecular weight excluding hydrogens is 294 g/mol. The summed E-state index contributed by atoms with van der Waals surface area (Å²) in [5, 5.41) is 2.06. The molecule has 0 aromatic carbocycles. The van der Waals surface area contributed by atoms with Crippen LogP contribution in [-0.2, 0) is 19.5 Å². The number of fused-ring (bicyclic) bond motifs is 2. The molecule has 4 heterocycles. The standard InChI is InChI=1S/C16H19N5S/c1-11(2)15-17-7-12-3-4-20(10-14(12)19-15)8-13-9-21-5-6-22-16(21)18-13/h5-7,9,11H,3-4,8,10H2,1-2H3. The van der Waals surface area contributed by atoms with Crippen molar-refractivity contribution in [3.05, 3.63) is 46.7 Å². The van der Waals surface area contributed by atoms with E-state index < -0.39 is 0 Å². The average molecular weight is 313 g/mol. The molecule has 1 aliphatic rings. The van der Waals surface area contributed by atoms with Gasteiger partial charge in [0.1, 0.15) is 5.82 Å². The predicted octanol–water partition coefficient (Wildman–Crippen LogP) is 2.87. The molecule has 0 fully saturated rings. The van der Waals surface area contributed by atoms with Crippen LogP contribution in [0, 0.1) is 0 Å². The Balaban J connectivity index is 1.53. The highest BCUT2D eigenvalue weighted by atomic mass is 32.1.